The van der Waals surface area contributed by atoms with Crippen molar-refractivity contribution in [2.45, 2.75) is 20.5 Å². The predicted molar refractivity (Wildman–Crippen MR) is 63.9 cm³/mol. The summed E-state index contributed by atoms with van der Waals surface area (Å²) < 4.78 is 10.5. The molecular weight excluding hydrogens is 218 g/mol. The van der Waals surface area contributed by atoms with E-state index in [1.807, 2.05) is 26.0 Å². The second kappa shape index (κ2) is 4.59. The third kappa shape index (κ3) is 2.17. The zero-order valence-corrected chi connectivity index (χ0v) is 10.2. The number of nitrogens with zero attached hydrogens (tertiary/aromatic N) is 1. The van der Waals surface area contributed by atoms with Gasteiger partial charge >= 0.3 is 0 Å². The Morgan fingerprint density at radius 1 is 1.24 bits per heavy atom. The van der Waals surface area contributed by atoms with E-state index in [1.165, 1.54) is 0 Å². The molecule has 2 aromatic rings. The second-order valence-electron chi connectivity index (χ2n) is 3.98. The summed E-state index contributed by atoms with van der Waals surface area (Å²) in [6.07, 6.45) is 0. The smallest absolute Gasteiger partial charge is 0.170 e. The molecule has 1 aromatic heterocycles. The molecule has 0 aliphatic rings. The summed E-state index contributed by atoms with van der Waals surface area (Å²) in [5, 5.41) is 12.7. The van der Waals surface area contributed by atoms with Gasteiger partial charge in [0.05, 0.1) is 19.3 Å². The predicted octanol–water partition coefficient (Wildman–Crippen LogP) is 2.46. The third-order valence-corrected chi connectivity index (χ3v) is 2.80. The van der Waals surface area contributed by atoms with Crippen molar-refractivity contribution in [1.82, 2.24) is 5.16 Å². The van der Waals surface area contributed by atoms with Gasteiger partial charge in [-0.05, 0) is 37.1 Å². The molecular formula is C13H15NO3. The first-order valence-electron chi connectivity index (χ1n) is 5.37. The van der Waals surface area contributed by atoms with Crippen LogP contribution in [0.25, 0.3) is 11.3 Å². The minimum atomic E-state index is -0.128. The van der Waals surface area contributed by atoms with Crippen molar-refractivity contribution in [3.63, 3.8) is 0 Å². The van der Waals surface area contributed by atoms with Gasteiger partial charge in [0.15, 0.2) is 5.76 Å². The highest BCUT2D eigenvalue weighted by Gasteiger charge is 2.13. The van der Waals surface area contributed by atoms with Crippen molar-refractivity contribution in [3.8, 4) is 17.1 Å². The summed E-state index contributed by atoms with van der Waals surface area (Å²) in [5.41, 5.74) is 3.68. The fourth-order valence-electron chi connectivity index (χ4n) is 1.66. The standard InChI is InChI=1S/C13H15NO3/c1-8-4-11(12(16-3)5-9(8)2)13-6-10(7-15)14-17-13/h4-6,15H,7H2,1-3H3. The topological polar surface area (TPSA) is 55.5 Å². The van der Waals surface area contributed by atoms with E-state index < -0.39 is 0 Å². The molecule has 0 aliphatic heterocycles. The van der Waals surface area contributed by atoms with Crippen LogP contribution in [0.5, 0.6) is 5.75 Å². The van der Waals surface area contributed by atoms with Gasteiger partial charge in [-0.3, -0.25) is 0 Å². The summed E-state index contributed by atoms with van der Waals surface area (Å²) in [5.74, 6) is 1.35. The van der Waals surface area contributed by atoms with Gasteiger partial charge in [-0.15, -0.1) is 0 Å². The maximum atomic E-state index is 8.97. The number of hydrogen-bond acceptors (Lipinski definition) is 4. The summed E-state index contributed by atoms with van der Waals surface area (Å²) >= 11 is 0. The highest BCUT2D eigenvalue weighted by Crippen LogP contribution is 2.32. The van der Waals surface area contributed by atoms with Crippen molar-refractivity contribution in [3.05, 3.63) is 35.0 Å². The molecule has 0 saturated carbocycles. The minimum absolute atomic E-state index is 0.128. The average Bonchev–Trinajstić information content (AvgIpc) is 2.80. The Morgan fingerprint density at radius 3 is 2.53 bits per heavy atom. The molecule has 2 rings (SSSR count). The molecule has 0 radical (unpaired) electrons. The highest BCUT2D eigenvalue weighted by molar-refractivity contribution is 5.67. The van der Waals surface area contributed by atoms with Crippen molar-refractivity contribution in [2.24, 2.45) is 0 Å². The first-order valence-corrected chi connectivity index (χ1v) is 5.37. The van der Waals surface area contributed by atoms with Crippen LogP contribution in [-0.4, -0.2) is 17.4 Å². The molecule has 0 unspecified atom stereocenters. The Bertz CT molecular complexity index is 531. The van der Waals surface area contributed by atoms with E-state index in [-0.39, 0.29) is 6.61 Å². The number of aliphatic hydroxyl groups is 1. The Morgan fingerprint density at radius 2 is 1.94 bits per heavy atom. The molecule has 0 spiro atoms. The lowest BCUT2D eigenvalue weighted by atomic mass is 10.0. The molecule has 0 bridgehead atoms. The zero-order valence-electron chi connectivity index (χ0n) is 10.2. The SMILES string of the molecule is COc1cc(C)c(C)cc1-c1cc(CO)no1. The quantitative estimate of drug-likeness (QED) is 0.884. The van der Waals surface area contributed by atoms with Gasteiger partial charge < -0.3 is 14.4 Å². The lowest BCUT2D eigenvalue weighted by Crippen LogP contribution is -1.90. The molecule has 0 fully saturated rings. The zero-order chi connectivity index (χ0) is 12.4. The molecule has 90 valence electrons. The fraction of sp³-hybridized carbons (Fsp3) is 0.308. The van der Waals surface area contributed by atoms with Crippen molar-refractivity contribution in [2.75, 3.05) is 7.11 Å². The summed E-state index contributed by atoms with van der Waals surface area (Å²) in [7, 11) is 1.62. The molecule has 4 heteroatoms. The minimum Gasteiger partial charge on any atom is -0.496 e. The number of ether oxygens (including phenoxy) is 1. The maximum absolute atomic E-state index is 8.97. The highest BCUT2D eigenvalue weighted by atomic mass is 16.5. The number of hydrogen-bond donors (Lipinski definition) is 1. The van der Waals surface area contributed by atoms with Crippen LogP contribution in [0, 0.1) is 13.8 Å². The van der Waals surface area contributed by atoms with Gasteiger partial charge in [0, 0.05) is 6.07 Å². The molecule has 17 heavy (non-hydrogen) atoms. The second-order valence-corrected chi connectivity index (χ2v) is 3.98. The first-order chi connectivity index (χ1) is 8.15. The van der Waals surface area contributed by atoms with Gasteiger partial charge in [0.2, 0.25) is 0 Å². The molecule has 0 saturated heterocycles. The summed E-state index contributed by atoms with van der Waals surface area (Å²) in [6, 6.07) is 5.67. The van der Waals surface area contributed by atoms with Crippen LogP contribution in [0.4, 0.5) is 0 Å². The number of aliphatic hydroxyl groups excluding tert-OH is 1. The van der Waals surface area contributed by atoms with Crippen LogP contribution in [0.1, 0.15) is 16.8 Å². The van der Waals surface area contributed by atoms with Gasteiger partial charge in [-0.25, -0.2) is 0 Å². The van der Waals surface area contributed by atoms with E-state index in [9.17, 15) is 0 Å². The summed E-state index contributed by atoms with van der Waals surface area (Å²) in [6.45, 7) is 3.93. The van der Waals surface area contributed by atoms with Crippen LogP contribution >= 0.6 is 0 Å². The monoisotopic (exact) mass is 233 g/mol. The molecule has 4 nitrogen and oxygen atoms in total. The number of benzene rings is 1. The Balaban J connectivity index is 2.53. The van der Waals surface area contributed by atoms with Crippen LogP contribution in [0.15, 0.2) is 22.7 Å². The van der Waals surface area contributed by atoms with Crippen molar-refractivity contribution >= 4 is 0 Å². The van der Waals surface area contributed by atoms with Crippen LogP contribution < -0.4 is 4.74 Å². The molecule has 0 aliphatic carbocycles. The molecule has 1 aromatic carbocycles. The molecule has 1 N–H and O–H groups in total. The molecule has 0 amide bonds. The van der Waals surface area contributed by atoms with Gasteiger partial charge in [-0.2, -0.15) is 0 Å². The first kappa shape index (κ1) is 11.7. The number of aryl methyl sites for hydroxylation is 2. The lowest BCUT2D eigenvalue weighted by Gasteiger charge is -2.09. The number of aromatic nitrogens is 1. The van der Waals surface area contributed by atoms with Crippen molar-refractivity contribution < 1.29 is 14.4 Å². The van der Waals surface area contributed by atoms with Gasteiger partial charge in [0.1, 0.15) is 11.4 Å². The normalized spacial score (nSPS) is 10.6. The van der Waals surface area contributed by atoms with E-state index in [1.54, 1.807) is 13.2 Å². The summed E-state index contributed by atoms with van der Waals surface area (Å²) in [4.78, 5) is 0. The fourth-order valence-corrected chi connectivity index (χ4v) is 1.66. The van der Waals surface area contributed by atoms with Crippen molar-refractivity contribution in [1.29, 1.82) is 0 Å². The lowest BCUT2D eigenvalue weighted by molar-refractivity contribution is 0.267. The number of rotatable bonds is 3. The Hall–Kier alpha value is -1.81. The van der Waals surface area contributed by atoms with E-state index in [2.05, 4.69) is 5.16 Å². The van der Waals surface area contributed by atoms with Crippen LogP contribution in [0.3, 0.4) is 0 Å². The third-order valence-electron chi connectivity index (χ3n) is 2.80. The van der Waals surface area contributed by atoms with Gasteiger partial charge in [-0.1, -0.05) is 5.16 Å². The Kier molecular flexibility index (Phi) is 3.15. The number of methoxy groups -OCH3 is 1. The average molecular weight is 233 g/mol. The van der Waals surface area contributed by atoms with E-state index >= 15 is 0 Å². The molecule has 1 heterocycles. The van der Waals surface area contributed by atoms with E-state index in [0.717, 1.165) is 22.4 Å². The van der Waals surface area contributed by atoms with Crippen LogP contribution in [-0.2, 0) is 6.61 Å². The Labute approximate surface area is 99.8 Å². The van der Waals surface area contributed by atoms with E-state index in [4.69, 9.17) is 14.4 Å². The molecule has 0 atom stereocenters. The maximum Gasteiger partial charge on any atom is 0.170 e. The largest absolute Gasteiger partial charge is 0.496 e. The van der Waals surface area contributed by atoms with Gasteiger partial charge in [0.25, 0.3) is 0 Å². The van der Waals surface area contributed by atoms with Crippen LogP contribution in [0.2, 0.25) is 0 Å². The van der Waals surface area contributed by atoms with E-state index in [0.29, 0.717) is 11.5 Å².